The predicted octanol–water partition coefficient (Wildman–Crippen LogP) is 1.29. The second-order valence-electron chi connectivity index (χ2n) is 3.76. The van der Waals surface area contributed by atoms with Gasteiger partial charge in [0.1, 0.15) is 12.4 Å². The molecule has 0 bridgehead atoms. The summed E-state index contributed by atoms with van der Waals surface area (Å²) < 4.78 is 5.45. The summed E-state index contributed by atoms with van der Waals surface area (Å²) >= 11 is 0. The number of benzene rings is 1. The van der Waals surface area contributed by atoms with E-state index in [0.29, 0.717) is 25.4 Å². The lowest BCUT2D eigenvalue weighted by atomic mass is 10.3. The number of nitro benzene ring substituents is 1. The maximum absolute atomic E-state index is 10.6. The molecule has 0 aromatic heterocycles. The van der Waals surface area contributed by atoms with Crippen LogP contribution in [-0.2, 0) is 0 Å². The van der Waals surface area contributed by atoms with Crippen molar-refractivity contribution in [1.82, 2.24) is 4.90 Å². The van der Waals surface area contributed by atoms with Crippen molar-refractivity contribution in [1.29, 1.82) is 0 Å². The first-order valence-electron chi connectivity index (χ1n) is 5.87. The number of nitro groups is 1. The number of nitrogens with zero attached hydrogens (tertiary/aromatic N) is 2. The van der Waals surface area contributed by atoms with Gasteiger partial charge < -0.3 is 9.84 Å². The smallest absolute Gasteiger partial charge is 0.273 e. The van der Waals surface area contributed by atoms with Crippen molar-refractivity contribution in [3.63, 3.8) is 0 Å². The van der Waals surface area contributed by atoms with Gasteiger partial charge in [-0.2, -0.15) is 0 Å². The first-order valence-corrected chi connectivity index (χ1v) is 5.87. The fourth-order valence-electron chi connectivity index (χ4n) is 1.55. The molecule has 0 radical (unpaired) electrons. The molecule has 0 amide bonds. The van der Waals surface area contributed by atoms with Gasteiger partial charge in [0.15, 0.2) is 0 Å². The molecule has 1 rings (SSSR count). The van der Waals surface area contributed by atoms with Gasteiger partial charge in [-0.05, 0) is 12.6 Å². The summed E-state index contributed by atoms with van der Waals surface area (Å²) in [5.74, 6) is 0.490. The molecule has 0 atom stereocenters. The van der Waals surface area contributed by atoms with Crippen LogP contribution in [0.2, 0.25) is 0 Å². The number of ether oxygens (including phenoxy) is 1. The molecule has 1 N–H and O–H groups in total. The van der Waals surface area contributed by atoms with Crippen LogP contribution in [0, 0.1) is 10.1 Å². The first kappa shape index (κ1) is 14.4. The van der Waals surface area contributed by atoms with E-state index in [9.17, 15) is 10.1 Å². The molecule has 0 fully saturated rings. The van der Waals surface area contributed by atoms with Crippen LogP contribution in [-0.4, -0.2) is 47.8 Å². The van der Waals surface area contributed by atoms with Crippen LogP contribution < -0.4 is 4.74 Å². The molecule has 6 heteroatoms. The number of rotatable bonds is 8. The molecule has 1 aromatic carbocycles. The minimum Gasteiger partial charge on any atom is -0.492 e. The van der Waals surface area contributed by atoms with Crippen molar-refractivity contribution >= 4 is 5.69 Å². The minimum atomic E-state index is -0.447. The highest BCUT2D eigenvalue weighted by molar-refractivity contribution is 5.37. The van der Waals surface area contributed by atoms with E-state index in [-0.39, 0.29) is 12.3 Å². The molecule has 6 nitrogen and oxygen atoms in total. The van der Waals surface area contributed by atoms with E-state index in [1.54, 1.807) is 12.1 Å². The van der Waals surface area contributed by atoms with E-state index in [1.165, 1.54) is 12.1 Å². The third-order valence-corrected chi connectivity index (χ3v) is 2.57. The van der Waals surface area contributed by atoms with Crippen LogP contribution in [0.3, 0.4) is 0 Å². The van der Waals surface area contributed by atoms with Crippen molar-refractivity contribution in [2.45, 2.75) is 6.92 Å². The quantitative estimate of drug-likeness (QED) is 0.558. The van der Waals surface area contributed by atoms with Crippen LogP contribution in [0.1, 0.15) is 6.92 Å². The molecule has 0 unspecified atom stereocenters. The summed E-state index contributed by atoms with van der Waals surface area (Å²) in [6, 6.07) is 6.12. The second-order valence-corrected chi connectivity index (χ2v) is 3.76. The molecule has 0 aliphatic rings. The van der Waals surface area contributed by atoms with Gasteiger partial charge in [-0.1, -0.05) is 13.0 Å². The summed E-state index contributed by atoms with van der Waals surface area (Å²) in [5, 5.41) is 19.4. The number of hydrogen-bond donors (Lipinski definition) is 1. The van der Waals surface area contributed by atoms with Crippen LogP contribution >= 0.6 is 0 Å². The fourth-order valence-corrected chi connectivity index (χ4v) is 1.55. The largest absolute Gasteiger partial charge is 0.492 e. The Morgan fingerprint density at radius 3 is 2.83 bits per heavy atom. The zero-order valence-electron chi connectivity index (χ0n) is 10.4. The third kappa shape index (κ3) is 4.68. The van der Waals surface area contributed by atoms with Crippen LogP contribution in [0.4, 0.5) is 5.69 Å². The van der Waals surface area contributed by atoms with Gasteiger partial charge in [0.25, 0.3) is 5.69 Å². The molecule has 1 aromatic rings. The Balaban J connectivity index is 2.43. The van der Waals surface area contributed by atoms with Gasteiger partial charge in [-0.25, -0.2) is 0 Å². The molecule has 0 aliphatic heterocycles. The normalized spacial score (nSPS) is 10.6. The van der Waals surface area contributed by atoms with E-state index in [0.717, 1.165) is 6.54 Å². The van der Waals surface area contributed by atoms with Crippen molar-refractivity contribution in [2.75, 3.05) is 32.8 Å². The highest BCUT2D eigenvalue weighted by Gasteiger charge is 2.07. The Hall–Kier alpha value is -1.66. The zero-order chi connectivity index (χ0) is 13.4. The Kier molecular flexibility index (Phi) is 6.10. The molecular formula is C12H18N2O4. The minimum absolute atomic E-state index is 0.0233. The van der Waals surface area contributed by atoms with Crippen LogP contribution in [0.25, 0.3) is 0 Å². The van der Waals surface area contributed by atoms with Crippen molar-refractivity contribution in [3.05, 3.63) is 34.4 Å². The van der Waals surface area contributed by atoms with Crippen molar-refractivity contribution in [3.8, 4) is 5.75 Å². The SMILES string of the molecule is CCN(CCO)CCOc1cccc([N+](=O)[O-])c1. The summed E-state index contributed by atoms with van der Waals surface area (Å²) in [4.78, 5) is 12.2. The monoisotopic (exact) mass is 254 g/mol. The van der Waals surface area contributed by atoms with Gasteiger partial charge in [-0.15, -0.1) is 0 Å². The number of aliphatic hydroxyl groups excluding tert-OH is 1. The predicted molar refractivity (Wildman–Crippen MR) is 67.8 cm³/mol. The molecule has 0 spiro atoms. The average Bonchev–Trinajstić information content (AvgIpc) is 2.38. The Bertz CT molecular complexity index is 384. The first-order chi connectivity index (χ1) is 8.67. The molecule has 0 saturated heterocycles. The summed E-state index contributed by atoms with van der Waals surface area (Å²) in [6.45, 7) is 4.68. The molecule has 18 heavy (non-hydrogen) atoms. The fraction of sp³-hybridized carbons (Fsp3) is 0.500. The Morgan fingerprint density at radius 1 is 1.44 bits per heavy atom. The average molecular weight is 254 g/mol. The number of likely N-dealkylation sites (N-methyl/N-ethyl adjacent to an activating group) is 1. The van der Waals surface area contributed by atoms with Crippen LogP contribution in [0.5, 0.6) is 5.75 Å². The second kappa shape index (κ2) is 7.62. The van der Waals surface area contributed by atoms with Gasteiger partial charge >= 0.3 is 0 Å². The lowest BCUT2D eigenvalue weighted by Crippen LogP contribution is -2.30. The topological polar surface area (TPSA) is 75.8 Å². The summed E-state index contributed by atoms with van der Waals surface area (Å²) in [7, 11) is 0. The number of hydrogen-bond acceptors (Lipinski definition) is 5. The van der Waals surface area contributed by atoms with Crippen molar-refractivity contribution < 1.29 is 14.8 Å². The van der Waals surface area contributed by atoms with Gasteiger partial charge in [-0.3, -0.25) is 15.0 Å². The van der Waals surface area contributed by atoms with Crippen LogP contribution in [0.15, 0.2) is 24.3 Å². The van der Waals surface area contributed by atoms with E-state index in [4.69, 9.17) is 9.84 Å². The third-order valence-electron chi connectivity index (χ3n) is 2.57. The van der Waals surface area contributed by atoms with Gasteiger partial charge in [0.05, 0.1) is 17.6 Å². The van der Waals surface area contributed by atoms with Gasteiger partial charge in [0.2, 0.25) is 0 Å². The maximum Gasteiger partial charge on any atom is 0.273 e. The summed E-state index contributed by atoms with van der Waals surface area (Å²) in [5.41, 5.74) is 0.0233. The Labute approximate surface area is 106 Å². The number of aliphatic hydroxyl groups is 1. The lowest BCUT2D eigenvalue weighted by Gasteiger charge is -2.18. The van der Waals surface area contributed by atoms with E-state index in [2.05, 4.69) is 0 Å². The molecule has 100 valence electrons. The molecule has 0 aliphatic carbocycles. The number of non-ortho nitro benzene ring substituents is 1. The van der Waals surface area contributed by atoms with Crippen molar-refractivity contribution in [2.24, 2.45) is 0 Å². The molecule has 0 saturated carbocycles. The maximum atomic E-state index is 10.6. The highest BCUT2D eigenvalue weighted by atomic mass is 16.6. The molecule has 0 heterocycles. The molecular weight excluding hydrogens is 236 g/mol. The van der Waals surface area contributed by atoms with E-state index >= 15 is 0 Å². The standard InChI is InChI=1S/C12H18N2O4/c1-2-13(6-8-15)7-9-18-12-5-3-4-11(10-12)14(16)17/h3-5,10,15H,2,6-9H2,1H3. The zero-order valence-corrected chi connectivity index (χ0v) is 10.4. The van der Waals surface area contributed by atoms with E-state index < -0.39 is 4.92 Å². The summed E-state index contributed by atoms with van der Waals surface area (Å²) in [6.07, 6.45) is 0. The van der Waals surface area contributed by atoms with E-state index in [1.807, 2.05) is 11.8 Å². The Morgan fingerprint density at radius 2 is 2.22 bits per heavy atom. The lowest BCUT2D eigenvalue weighted by molar-refractivity contribution is -0.384. The van der Waals surface area contributed by atoms with Gasteiger partial charge in [0, 0.05) is 19.2 Å². The highest BCUT2D eigenvalue weighted by Crippen LogP contribution is 2.18.